The molecule has 0 aliphatic carbocycles. The van der Waals surface area contributed by atoms with E-state index in [9.17, 15) is 9.18 Å². The second-order valence-electron chi connectivity index (χ2n) is 9.51. The monoisotopic (exact) mass is 607 g/mol. The van der Waals surface area contributed by atoms with E-state index in [0.29, 0.717) is 52.4 Å². The van der Waals surface area contributed by atoms with Crippen molar-refractivity contribution in [3.05, 3.63) is 88.8 Å². The smallest absolute Gasteiger partial charge is 0.319 e. The number of anilines is 5. The Morgan fingerprint density at radius 2 is 1.88 bits per heavy atom. The zero-order chi connectivity index (χ0) is 30.2. The molecule has 0 spiro atoms. The van der Waals surface area contributed by atoms with Crippen molar-refractivity contribution in [2.75, 3.05) is 49.9 Å². The molecule has 43 heavy (non-hydrogen) atoms. The van der Waals surface area contributed by atoms with Crippen molar-refractivity contribution in [3.63, 3.8) is 0 Å². The zero-order valence-electron chi connectivity index (χ0n) is 23.5. The maximum atomic E-state index is 13.4. The summed E-state index contributed by atoms with van der Waals surface area (Å²) in [5.74, 6) is 1.41. The van der Waals surface area contributed by atoms with E-state index in [-0.39, 0.29) is 24.4 Å². The fourth-order valence-electron chi connectivity index (χ4n) is 4.47. The molecule has 2 amide bonds. The van der Waals surface area contributed by atoms with E-state index in [0.717, 1.165) is 17.8 Å². The first-order valence-electron chi connectivity index (χ1n) is 13.5. The molecule has 13 heteroatoms. The minimum Gasteiger partial charge on any atom is -0.496 e. The molecule has 1 aliphatic rings. The Morgan fingerprint density at radius 3 is 2.65 bits per heavy atom. The van der Waals surface area contributed by atoms with Gasteiger partial charge in [-0.15, -0.1) is 0 Å². The molecular formula is C30H31ClFN7O4. The van der Waals surface area contributed by atoms with E-state index in [2.05, 4.69) is 36.6 Å². The van der Waals surface area contributed by atoms with E-state index in [4.69, 9.17) is 25.8 Å². The van der Waals surface area contributed by atoms with E-state index < -0.39 is 6.03 Å². The van der Waals surface area contributed by atoms with Gasteiger partial charge in [-0.25, -0.2) is 14.2 Å². The van der Waals surface area contributed by atoms with Crippen LogP contribution in [-0.2, 0) is 11.3 Å². The number of nitrogens with zero attached hydrogens (tertiary/aromatic N) is 2. The third-order valence-electron chi connectivity index (χ3n) is 6.56. The molecule has 3 aromatic carbocycles. The molecule has 1 atom stereocenters. The molecule has 0 radical (unpaired) electrons. The summed E-state index contributed by atoms with van der Waals surface area (Å²) in [7, 11) is 3.13. The molecule has 224 valence electrons. The van der Waals surface area contributed by atoms with Crippen molar-refractivity contribution in [2.24, 2.45) is 0 Å². The number of morpholine rings is 1. The molecule has 1 fully saturated rings. The highest BCUT2D eigenvalue weighted by molar-refractivity contribution is 6.32. The summed E-state index contributed by atoms with van der Waals surface area (Å²) < 4.78 is 30.4. The summed E-state index contributed by atoms with van der Waals surface area (Å²) in [6, 6.07) is 16.4. The number of aromatic nitrogens is 2. The van der Waals surface area contributed by atoms with E-state index in [1.807, 2.05) is 18.2 Å². The minimum atomic E-state index is -0.448. The van der Waals surface area contributed by atoms with Gasteiger partial charge in [-0.1, -0.05) is 29.8 Å². The lowest BCUT2D eigenvalue weighted by molar-refractivity contribution is 0.0263. The van der Waals surface area contributed by atoms with Crippen LogP contribution in [-0.4, -0.2) is 49.9 Å². The predicted molar refractivity (Wildman–Crippen MR) is 163 cm³/mol. The van der Waals surface area contributed by atoms with Crippen molar-refractivity contribution in [1.82, 2.24) is 20.6 Å². The summed E-state index contributed by atoms with van der Waals surface area (Å²) in [5, 5.41) is 15.4. The van der Waals surface area contributed by atoms with E-state index in [1.54, 1.807) is 37.4 Å². The maximum absolute atomic E-state index is 13.4. The highest BCUT2D eigenvalue weighted by Crippen LogP contribution is 2.34. The van der Waals surface area contributed by atoms with Gasteiger partial charge in [0.2, 0.25) is 5.95 Å². The average Bonchev–Trinajstić information content (AvgIpc) is 3.02. The lowest BCUT2D eigenvalue weighted by atomic mass is 10.1. The predicted octanol–water partition coefficient (Wildman–Crippen LogP) is 5.76. The SMILES string of the molecule is COc1cc(NC(=O)NCc2cccc(F)c2)ccc1Nc1ncc(Cl)c(Nc2ccc(C3CNCCO3)c(OC)c2)n1. The van der Waals surface area contributed by atoms with Gasteiger partial charge >= 0.3 is 6.03 Å². The fourth-order valence-corrected chi connectivity index (χ4v) is 4.61. The van der Waals surface area contributed by atoms with Crippen molar-refractivity contribution in [3.8, 4) is 11.5 Å². The number of rotatable bonds is 10. The second kappa shape index (κ2) is 14.0. The summed E-state index contributed by atoms with van der Waals surface area (Å²) >= 11 is 6.41. The number of hydrogen-bond acceptors (Lipinski definition) is 9. The largest absolute Gasteiger partial charge is 0.496 e. The second-order valence-corrected chi connectivity index (χ2v) is 9.92. The molecule has 1 saturated heterocycles. The van der Waals surface area contributed by atoms with Gasteiger partial charge in [0.1, 0.15) is 22.3 Å². The van der Waals surface area contributed by atoms with Crippen LogP contribution in [0, 0.1) is 5.82 Å². The van der Waals surface area contributed by atoms with Gasteiger partial charge in [0.25, 0.3) is 0 Å². The average molecular weight is 608 g/mol. The zero-order valence-corrected chi connectivity index (χ0v) is 24.3. The first kappa shape index (κ1) is 29.8. The molecule has 1 aromatic heterocycles. The summed E-state index contributed by atoms with van der Waals surface area (Å²) in [4.78, 5) is 21.2. The molecule has 0 saturated carbocycles. The fraction of sp³-hybridized carbons (Fsp3) is 0.233. The van der Waals surface area contributed by atoms with Gasteiger partial charge in [-0.05, 0) is 35.9 Å². The molecule has 5 N–H and O–H groups in total. The van der Waals surface area contributed by atoms with Crippen LogP contribution in [0.4, 0.5) is 38.0 Å². The van der Waals surface area contributed by atoms with Crippen LogP contribution in [0.15, 0.2) is 66.9 Å². The Kier molecular flexibility index (Phi) is 9.72. The van der Waals surface area contributed by atoms with Gasteiger partial charge in [0, 0.05) is 48.7 Å². The van der Waals surface area contributed by atoms with E-state index in [1.165, 1.54) is 25.4 Å². The van der Waals surface area contributed by atoms with Crippen LogP contribution in [0.1, 0.15) is 17.2 Å². The van der Waals surface area contributed by atoms with Crippen molar-refractivity contribution < 1.29 is 23.4 Å². The number of carbonyl (C=O) groups excluding carboxylic acids is 1. The Balaban J connectivity index is 1.25. The number of nitrogens with one attached hydrogen (secondary N) is 5. The van der Waals surface area contributed by atoms with Crippen LogP contribution in [0.3, 0.4) is 0 Å². The van der Waals surface area contributed by atoms with Crippen molar-refractivity contribution in [2.45, 2.75) is 12.6 Å². The number of carbonyl (C=O) groups is 1. The first-order valence-corrected chi connectivity index (χ1v) is 13.8. The highest BCUT2D eigenvalue weighted by atomic mass is 35.5. The maximum Gasteiger partial charge on any atom is 0.319 e. The Bertz CT molecular complexity index is 1590. The van der Waals surface area contributed by atoms with Crippen LogP contribution < -0.4 is 36.1 Å². The van der Waals surface area contributed by atoms with Crippen LogP contribution >= 0.6 is 11.6 Å². The van der Waals surface area contributed by atoms with E-state index >= 15 is 0 Å². The Labute approximate surface area is 253 Å². The number of halogens is 2. The molecular weight excluding hydrogens is 577 g/mol. The molecule has 1 aliphatic heterocycles. The third kappa shape index (κ3) is 7.80. The number of methoxy groups -OCH3 is 2. The Hall–Kier alpha value is -4.65. The van der Waals surface area contributed by atoms with Crippen molar-refractivity contribution in [1.29, 1.82) is 0 Å². The highest BCUT2D eigenvalue weighted by Gasteiger charge is 2.20. The molecule has 4 aromatic rings. The molecule has 2 heterocycles. The quantitative estimate of drug-likeness (QED) is 0.153. The molecule has 11 nitrogen and oxygen atoms in total. The molecule has 0 bridgehead atoms. The number of hydrogen-bond donors (Lipinski definition) is 5. The van der Waals surface area contributed by atoms with Gasteiger partial charge in [-0.2, -0.15) is 4.98 Å². The number of benzene rings is 3. The number of ether oxygens (including phenoxy) is 3. The van der Waals surface area contributed by atoms with Crippen LogP contribution in [0.25, 0.3) is 0 Å². The Morgan fingerprint density at radius 1 is 1.07 bits per heavy atom. The van der Waals surface area contributed by atoms with Crippen LogP contribution in [0.2, 0.25) is 5.02 Å². The van der Waals surface area contributed by atoms with Crippen molar-refractivity contribution >= 4 is 46.5 Å². The third-order valence-corrected chi connectivity index (χ3v) is 6.84. The minimum absolute atomic E-state index is 0.0950. The summed E-state index contributed by atoms with van der Waals surface area (Å²) in [5.41, 5.74) is 3.37. The summed E-state index contributed by atoms with van der Waals surface area (Å²) in [6.45, 7) is 2.34. The lowest BCUT2D eigenvalue weighted by Crippen LogP contribution is -2.33. The lowest BCUT2D eigenvalue weighted by Gasteiger charge is -2.25. The number of amides is 2. The van der Waals surface area contributed by atoms with Gasteiger partial charge < -0.3 is 40.8 Å². The van der Waals surface area contributed by atoms with Gasteiger partial charge in [-0.3, -0.25) is 0 Å². The molecule has 5 rings (SSSR count). The first-order chi connectivity index (χ1) is 20.9. The van der Waals surface area contributed by atoms with Gasteiger partial charge in [0.05, 0.1) is 38.8 Å². The standard InChI is InChI=1S/C30H31ClFN7O4/c1-41-25-13-20(6-8-22(25)27-17-33-10-11-43-27)36-28-23(31)16-34-29(39-28)38-24-9-7-21(14-26(24)42-2)37-30(40)35-15-18-4-3-5-19(32)12-18/h3-9,12-14,16,27,33H,10-11,15,17H2,1-2H3,(H2,35,37,40)(H2,34,36,38,39). The summed E-state index contributed by atoms with van der Waals surface area (Å²) in [6.07, 6.45) is 1.39. The topological polar surface area (TPSA) is 131 Å². The molecule has 1 unspecified atom stereocenters. The van der Waals surface area contributed by atoms with Gasteiger partial charge in [0.15, 0.2) is 5.82 Å². The number of urea groups is 1. The van der Waals surface area contributed by atoms with Crippen LogP contribution in [0.5, 0.6) is 11.5 Å². The normalized spacial score (nSPS) is 14.5.